The molecule has 162 valence electrons. The Bertz CT molecular complexity index is 809. The second-order valence-corrected chi connectivity index (χ2v) is 7.81. The molecule has 30 heavy (non-hydrogen) atoms. The summed E-state index contributed by atoms with van der Waals surface area (Å²) < 4.78 is 5.38. The molecule has 0 aliphatic carbocycles. The fourth-order valence-corrected chi connectivity index (χ4v) is 3.29. The van der Waals surface area contributed by atoms with E-state index >= 15 is 0 Å². The molecule has 8 nitrogen and oxygen atoms in total. The van der Waals surface area contributed by atoms with Gasteiger partial charge in [0.25, 0.3) is 0 Å². The Labute approximate surface area is 178 Å². The number of carbonyl (C=O) groups excluding carboxylic acids is 1. The van der Waals surface area contributed by atoms with Crippen LogP contribution in [0.4, 0.5) is 5.82 Å². The zero-order chi connectivity index (χ0) is 21.3. The summed E-state index contributed by atoms with van der Waals surface area (Å²) >= 11 is 0. The van der Waals surface area contributed by atoms with E-state index in [1.807, 2.05) is 25.3 Å². The monoisotopic (exact) mass is 412 g/mol. The van der Waals surface area contributed by atoms with E-state index < -0.39 is 0 Å². The predicted molar refractivity (Wildman–Crippen MR) is 119 cm³/mol. The summed E-state index contributed by atoms with van der Waals surface area (Å²) in [6.45, 7) is 4.72. The molecule has 1 amide bonds. The van der Waals surface area contributed by atoms with Gasteiger partial charge in [-0.3, -0.25) is 4.79 Å². The van der Waals surface area contributed by atoms with E-state index in [1.165, 1.54) is 5.56 Å². The largest absolute Gasteiger partial charge is 0.469 e. The van der Waals surface area contributed by atoms with Gasteiger partial charge in [0.2, 0.25) is 5.91 Å². The second kappa shape index (κ2) is 10.7. The van der Waals surface area contributed by atoms with Crippen LogP contribution in [0.25, 0.3) is 0 Å². The van der Waals surface area contributed by atoms with Gasteiger partial charge in [-0.25, -0.2) is 9.98 Å². The minimum Gasteiger partial charge on any atom is -0.469 e. The van der Waals surface area contributed by atoms with Crippen LogP contribution in [0.5, 0.6) is 0 Å². The molecule has 8 heteroatoms. The van der Waals surface area contributed by atoms with Crippen molar-refractivity contribution in [1.82, 2.24) is 20.5 Å². The summed E-state index contributed by atoms with van der Waals surface area (Å²) in [5, 5.41) is 6.83. The van der Waals surface area contributed by atoms with Crippen LogP contribution in [0.1, 0.15) is 24.2 Å². The summed E-state index contributed by atoms with van der Waals surface area (Å²) in [5.41, 5.74) is 1.17. The van der Waals surface area contributed by atoms with Crippen LogP contribution in [0.2, 0.25) is 0 Å². The topological polar surface area (TPSA) is 86.0 Å². The maximum Gasteiger partial charge on any atom is 0.243 e. The van der Waals surface area contributed by atoms with Crippen LogP contribution in [0.15, 0.2) is 46.1 Å². The summed E-state index contributed by atoms with van der Waals surface area (Å²) in [6, 6.07) is 8.32. The van der Waals surface area contributed by atoms with Gasteiger partial charge < -0.3 is 24.9 Å². The minimum atomic E-state index is -0.0256. The summed E-state index contributed by atoms with van der Waals surface area (Å²) in [6.07, 6.45) is 6.31. The van der Waals surface area contributed by atoms with Crippen molar-refractivity contribution in [1.29, 1.82) is 0 Å². The molecule has 2 aromatic heterocycles. The van der Waals surface area contributed by atoms with E-state index in [0.717, 1.165) is 43.9 Å². The molecule has 0 atom stereocenters. The highest BCUT2D eigenvalue weighted by Gasteiger charge is 2.21. The Kier molecular flexibility index (Phi) is 7.70. The Balaban J connectivity index is 1.53. The van der Waals surface area contributed by atoms with E-state index in [-0.39, 0.29) is 12.5 Å². The summed E-state index contributed by atoms with van der Waals surface area (Å²) in [7, 11) is 3.48. The van der Waals surface area contributed by atoms with E-state index in [0.29, 0.717) is 18.5 Å². The van der Waals surface area contributed by atoms with Gasteiger partial charge in [-0.2, -0.15) is 0 Å². The van der Waals surface area contributed by atoms with Crippen molar-refractivity contribution in [3.8, 4) is 0 Å². The first-order valence-electron chi connectivity index (χ1n) is 10.5. The Morgan fingerprint density at radius 3 is 2.73 bits per heavy atom. The van der Waals surface area contributed by atoms with E-state index in [4.69, 9.17) is 4.42 Å². The molecule has 1 fully saturated rings. The van der Waals surface area contributed by atoms with E-state index in [1.54, 1.807) is 25.3 Å². The third-order valence-corrected chi connectivity index (χ3v) is 5.17. The molecule has 0 spiro atoms. The Morgan fingerprint density at radius 1 is 1.30 bits per heavy atom. The van der Waals surface area contributed by atoms with Crippen molar-refractivity contribution >= 4 is 17.7 Å². The van der Waals surface area contributed by atoms with Crippen LogP contribution in [-0.2, 0) is 11.2 Å². The lowest BCUT2D eigenvalue weighted by molar-refractivity contribution is -0.127. The normalized spacial score (nSPS) is 15.2. The molecule has 1 aliphatic rings. The number of nitrogens with zero attached hydrogens (tertiary/aromatic N) is 4. The fourth-order valence-electron chi connectivity index (χ4n) is 3.29. The maximum atomic E-state index is 12.0. The van der Waals surface area contributed by atoms with Crippen molar-refractivity contribution in [2.24, 2.45) is 4.99 Å². The van der Waals surface area contributed by atoms with Crippen molar-refractivity contribution < 1.29 is 9.21 Å². The highest BCUT2D eigenvalue weighted by molar-refractivity contribution is 5.85. The third kappa shape index (κ3) is 6.50. The van der Waals surface area contributed by atoms with Crippen LogP contribution in [0, 0.1) is 6.92 Å². The number of aliphatic imine (C=N–C) groups is 1. The first-order chi connectivity index (χ1) is 14.5. The molecule has 3 heterocycles. The minimum absolute atomic E-state index is 0.0256. The number of guanidine groups is 1. The fraction of sp³-hybridized carbons (Fsp3) is 0.500. The van der Waals surface area contributed by atoms with E-state index in [9.17, 15) is 4.79 Å². The number of rotatable bonds is 7. The molecule has 0 unspecified atom stereocenters. The lowest BCUT2D eigenvalue weighted by Crippen LogP contribution is -2.49. The van der Waals surface area contributed by atoms with E-state index in [2.05, 4.69) is 37.6 Å². The van der Waals surface area contributed by atoms with Crippen LogP contribution in [0.3, 0.4) is 0 Å². The molecule has 0 radical (unpaired) electrons. The number of carbonyl (C=O) groups is 1. The predicted octanol–water partition coefficient (Wildman–Crippen LogP) is 1.82. The SMILES string of the molecule is Cc1ccc(N2CCC(NC(=NCC(=O)N(C)C)NCCc3ccco3)CC2)nc1. The van der Waals surface area contributed by atoms with Crippen molar-refractivity contribution in [3.63, 3.8) is 0 Å². The molecule has 1 aliphatic heterocycles. The number of anilines is 1. The Morgan fingerprint density at radius 2 is 2.10 bits per heavy atom. The number of piperidine rings is 1. The lowest BCUT2D eigenvalue weighted by Gasteiger charge is -2.34. The number of hydrogen-bond acceptors (Lipinski definition) is 5. The summed E-state index contributed by atoms with van der Waals surface area (Å²) in [4.78, 5) is 24.9. The van der Waals surface area contributed by atoms with Gasteiger partial charge in [0, 0.05) is 52.4 Å². The third-order valence-electron chi connectivity index (χ3n) is 5.17. The number of aryl methyl sites for hydroxylation is 1. The van der Waals surface area contributed by atoms with Crippen molar-refractivity contribution in [2.75, 3.05) is 45.2 Å². The number of furan rings is 1. The Hall–Kier alpha value is -3.03. The van der Waals surface area contributed by atoms with Gasteiger partial charge in [-0.1, -0.05) is 6.07 Å². The van der Waals surface area contributed by atoms with Crippen LogP contribution < -0.4 is 15.5 Å². The summed E-state index contributed by atoms with van der Waals surface area (Å²) in [5.74, 6) is 2.59. The number of aromatic nitrogens is 1. The van der Waals surface area contributed by atoms with Gasteiger partial charge in [0.05, 0.1) is 6.26 Å². The molecule has 0 bridgehead atoms. The second-order valence-electron chi connectivity index (χ2n) is 7.81. The maximum absolute atomic E-state index is 12.0. The van der Waals surface area contributed by atoms with Crippen molar-refractivity contribution in [3.05, 3.63) is 48.0 Å². The molecule has 0 aromatic carbocycles. The molecule has 1 saturated heterocycles. The molecule has 0 saturated carbocycles. The standard InChI is InChI=1S/C22H32N6O2/c1-17-6-7-20(24-15-17)28-12-9-18(10-13-28)26-22(25-16-21(29)27(2)3)23-11-8-19-5-4-14-30-19/h4-7,14-15,18H,8-13,16H2,1-3H3,(H2,23,25,26). The molecular weight excluding hydrogens is 380 g/mol. The zero-order valence-corrected chi connectivity index (χ0v) is 18.1. The van der Waals surface area contributed by atoms with Gasteiger partial charge in [-0.05, 0) is 43.5 Å². The first-order valence-corrected chi connectivity index (χ1v) is 10.5. The average molecular weight is 413 g/mol. The average Bonchev–Trinajstić information content (AvgIpc) is 3.26. The number of hydrogen-bond donors (Lipinski definition) is 2. The number of pyridine rings is 1. The van der Waals surface area contributed by atoms with Crippen LogP contribution in [-0.4, -0.2) is 68.1 Å². The van der Waals surface area contributed by atoms with Gasteiger partial charge >= 0.3 is 0 Å². The smallest absolute Gasteiger partial charge is 0.243 e. The lowest BCUT2D eigenvalue weighted by atomic mass is 10.1. The van der Waals surface area contributed by atoms with Crippen molar-refractivity contribution in [2.45, 2.75) is 32.2 Å². The quantitative estimate of drug-likeness (QED) is 0.533. The first kappa shape index (κ1) is 21.7. The number of likely N-dealkylation sites (N-methyl/N-ethyl adjacent to an activating group) is 1. The molecular formula is C22H32N6O2. The highest BCUT2D eigenvalue weighted by atomic mass is 16.3. The van der Waals surface area contributed by atoms with Gasteiger partial charge in [-0.15, -0.1) is 0 Å². The molecule has 2 aromatic rings. The zero-order valence-electron chi connectivity index (χ0n) is 18.1. The molecule has 2 N–H and O–H groups in total. The molecule has 3 rings (SSSR count). The highest BCUT2D eigenvalue weighted by Crippen LogP contribution is 2.18. The van der Waals surface area contributed by atoms with Gasteiger partial charge in [0.1, 0.15) is 18.1 Å². The van der Waals surface area contributed by atoms with Crippen LogP contribution >= 0.6 is 0 Å². The van der Waals surface area contributed by atoms with Gasteiger partial charge in [0.15, 0.2) is 5.96 Å². The number of amides is 1. The number of nitrogens with one attached hydrogen (secondary N) is 2.